The van der Waals surface area contributed by atoms with E-state index in [1.54, 1.807) is 12.1 Å². The van der Waals surface area contributed by atoms with Gasteiger partial charge in [-0.25, -0.2) is 17.2 Å². The molecule has 5 nitrogen and oxygen atoms in total. The summed E-state index contributed by atoms with van der Waals surface area (Å²) in [6.45, 7) is 0.407. The fourth-order valence-electron chi connectivity index (χ4n) is 2.77. The second-order valence-electron chi connectivity index (χ2n) is 5.81. The summed E-state index contributed by atoms with van der Waals surface area (Å²) in [5.74, 6) is -2.21. The van der Waals surface area contributed by atoms with Gasteiger partial charge < -0.3 is 4.90 Å². The monoisotopic (exact) mass is 400 g/mol. The van der Waals surface area contributed by atoms with E-state index >= 15 is 0 Å². The van der Waals surface area contributed by atoms with Gasteiger partial charge in [-0.2, -0.15) is 4.31 Å². The van der Waals surface area contributed by atoms with Crippen LogP contribution in [0.3, 0.4) is 0 Å². The Kier molecular flexibility index (Phi) is 5.27. The van der Waals surface area contributed by atoms with Crippen LogP contribution in [-0.4, -0.2) is 49.7 Å². The summed E-state index contributed by atoms with van der Waals surface area (Å²) in [4.78, 5) is 13.8. The van der Waals surface area contributed by atoms with Crippen LogP contribution in [0, 0.1) is 11.6 Å². The summed E-state index contributed by atoms with van der Waals surface area (Å²) in [5.41, 5.74) is -0.103. The molecule has 0 aliphatic carbocycles. The van der Waals surface area contributed by atoms with E-state index in [0.717, 1.165) is 12.1 Å². The smallest absolute Gasteiger partial charge is 0.254 e. The maximum absolute atomic E-state index is 13.3. The van der Waals surface area contributed by atoms with Gasteiger partial charge in [0.1, 0.15) is 11.6 Å². The highest BCUT2D eigenvalue weighted by Crippen LogP contribution is 2.21. The van der Waals surface area contributed by atoms with E-state index in [1.807, 2.05) is 0 Å². The van der Waals surface area contributed by atoms with Crippen molar-refractivity contribution in [2.75, 3.05) is 26.2 Å². The largest absolute Gasteiger partial charge is 0.336 e. The molecule has 0 aromatic heterocycles. The number of halogens is 3. The molecule has 2 aromatic rings. The van der Waals surface area contributed by atoms with Crippen molar-refractivity contribution in [3.05, 3.63) is 64.7 Å². The van der Waals surface area contributed by atoms with Crippen LogP contribution in [0.1, 0.15) is 10.4 Å². The van der Waals surface area contributed by atoms with Crippen molar-refractivity contribution in [3.8, 4) is 0 Å². The van der Waals surface area contributed by atoms with E-state index in [4.69, 9.17) is 11.6 Å². The zero-order chi connectivity index (χ0) is 18.9. The first-order valence-corrected chi connectivity index (χ1v) is 9.60. The molecular weight excluding hydrogens is 386 g/mol. The maximum atomic E-state index is 13.3. The van der Waals surface area contributed by atoms with E-state index in [1.165, 1.54) is 21.3 Å². The molecule has 2 aromatic carbocycles. The topological polar surface area (TPSA) is 57.7 Å². The van der Waals surface area contributed by atoms with E-state index in [-0.39, 0.29) is 36.6 Å². The molecule has 0 atom stereocenters. The number of nitrogens with zero attached hydrogens (tertiary/aromatic N) is 2. The average Bonchev–Trinajstić information content (AvgIpc) is 2.60. The van der Waals surface area contributed by atoms with Crippen molar-refractivity contribution in [3.63, 3.8) is 0 Å². The number of hydrogen-bond acceptors (Lipinski definition) is 3. The van der Waals surface area contributed by atoms with Crippen molar-refractivity contribution in [2.45, 2.75) is 4.90 Å². The zero-order valence-electron chi connectivity index (χ0n) is 13.5. The molecule has 9 heteroatoms. The van der Waals surface area contributed by atoms with E-state index in [9.17, 15) is 22.0 Å². The molecule has 1 amide bonds. The highest BCUT2D eigenvalue weighted by atomic mass is 35.5. The van der Waals surface area contributed by atoms with Gasteiger partial charge in [-0.3, -0.25) is 4.79 Å². The third-order valence-corrected chi connectivity index (χ3v) is 6.20. The van der Waals surface area contributed by atoms with Crippen LogP contribution in [-0.2, 0) is 10.0 Å². The van der Waals surface area contributed by atoms with Crippen molar-refractivity contribution >= 4 is 27.5 Å². The number of rotatable bonds is 3. The summed E-state index contributed by atoms with van der Waals surface area (Å²) in [5, 5.41) is 0.313. The summed E-state index contributed by atoms with van der Waals surface area (Å²) in [7, 11) is -3.72. The number of carbonyl (C=O) groups excluding carboxylic acids is 1. The molecule has 0 N–H and O–H groups in total. The molecule has 1 heterocycles. The minimum atomic E-state index is -3.72. The van der Waals surface area contributed by atoms with Crippen LogP contribution >= 0.6 is 11.6 Å². The Bertz CT molecular complexity index is 925. The predicted molar refractivity (Wildman–Crippen MR) is 92.5 cm³/mol. The average molecular weight is 401 g/mol. The molecule has 0 saturated carbocycles. The summed E-state index contributed by atoms with van der Waals surface area (Å²) < 4.78 is 53.1. The second-order valence-corrected chi connectivity index (χ2v) is 8.19. The fraction of sp³-hybridized carbons (Fsp3) is 0.235. The molecule has 138 valence electrons. The summed E-state index contributed by atoms with van der Waals surface area (Å²) in [6, 6.07) is 8.55. The van der Waals surface area contributed by atoms with Crippen molar-refractivity contribution in [1.29, 1.82) is 0 Å². The first-order valence-electron chi connectivity index (χ1n) is 7.78. The Morgan fingerprint density at radius 3 is 2.15 bits per heavy atom. The number of sulfonamides is 1. The van der Waals surface area contributed by atoms with Crippen LogP contribution in [0.15, 0.2) is 47.4 Å². The predicted octanol–water partition coefficient (Wildman–Crippen LogP) is 2.76. The zero-order valence-corrected chi connectivity index (χ0v) is 15.1. The van der Waals surface area contributed by atoms with Gasteiger partial charge >= 0.3 is 0 Å². The number of amides is 1. The first-order chi connectivity index (χ1) is 12.3. The fourth-order valence-corrected chi connectivity index (χ4v) is 4.49. The van der Waals surface area contributed by atoms with Crippen LogP contribution in [0.5, 0.6) is 0 Å². The molecular formula is C17H15ClF2N2O3S. The van der Waals surface area contributed by atoms with Crippen molar-refractivity contribution in [2.24, 2.45) is 0 Å². The Balaban J connectivity index is 1.72. The molecule has 0 bridgehead atoms. The van der Waals surface area contributed by atoms with Gasteiger partial charge in [0, 0.05) is 42.8 Å². The van der Waals surface area contributed by atoms with Gasteiger partial charge in [0.05, 0.1) is 4.90 Å². The molecule has 0 spiro atoms. The van der Waals surface area contributed by atoms with Gasteiger partial charge in [0.25, 0.3) is 5.91 Å². The Morgan fingerprint density at radius 1 is 0.962 bits per heavy atom. The Labute approximate surface area is 154 Å². The minimum Gasteiger partial charge on any atom is -0.336 e. The van der Waals surface area contributed by atoms with E-state index in [0.29, 0.717) is 11.1 Å². The Morgan fingerprint density at radius 2 is 1.58 bits per heavy atom. The molecule has 3 rings (SSSR count). The Hall–Kier alpha value is -2.03. The van der Waals surface area contributed by atoms with E-state index in [2.05, 4.69) is 0 Å². The lowest BCUT2D eigenvalue weighted by atomic mass is 10.1. The third-order valence-electron chi connectivity index (χ3n) is 4.07. The van der Waals surface area contributed by atoms with Crippen molar-refractivity contribution in [1.82, 2.24) is 9.21 Å². The normalized spacial score (nSPS) is 15.9. The molecule has 0 radical (unpaired) electrons. The molecule has 1 fully saturated rings. The molecule has 0 unspecified atom stereocenters. The highest BCUT2D eigenvalue weighted by molar-refractivity contribution is 7.89. The van der Waals surface area contributed by atoms with Crippen LogP contribution in [0.2, 0.25) is 5.02 Å². The van der Waals surface area contributed by atoms with Crippen LogP contribution in [0.4, 0.5) is 8.78 Å². The second kappa shape index (κ2) is 7.30. The van der Waals surface area contributed by atoms with Crippen LogP contribution in [0.25, 0.3) is 0 Å². The highest BCUT2D eigenvalue weighted by Gasteiger charge is 2.30. The lowest BCUT2D eigenvalue weighted by Gasteiger charge is -2.34. The van der Waals surface area contributed by atoms with Gasteiger partial charge in [0.15, 0.2) is 0 Å². The van der Waals surface area contributed by atoms with Crippen LogP contribution < -0.4 is 0 Å². The maximum Gasteiger partial charge on any atom is 0.254 e. The van der Waals surface area contributed by atoms with Crippen molar-refractivity contribution < 1.29 is 22.0 Å². The first kappa shape index (κ1) is 18.8. The molecule has 1 saturated heterocycles. The number of benzene rings is 2. The molecule has 1 aliphatic heterocycles. The third kappa shape index (κ3) is 3.87. The standard InChI is InChI=1S/C17H15ClF2N2O3S/c18-13-2-1-3-16(10-13)26(24,25)22-6-4-21(5-7-22)17(23)12-8-14(19)11-15(20)9-12/h1-3,8-11H,4-7H2. The quantitative estimate of drug-likeness (QED) is 0.796. The number of hydrogen-bond donors (Lipinski definition) is 0. The summed E-state index contributed by atoms with van der Waals surface area (Å²) in [6.07, 6.45) is 0. The van der Waals surface area contributed by atoms with E-state index < -0.39 is 27.6 Å². The van der Waals surface area contributed by atoms with Gasteiger partial charge in [0.2, 0.25) is 10.0 Å². The molecule has 1 aliphatic rings. The van der Waals surface area contributed by atoms with Gasteiger partial charge in [-0.15, -0.1) is 0 Å². The SMILES string of the molecule is O=C(c1cc(F)cc(F)c1)N1CCN(S(=O)(=O)c2cccc(Cl)c2)CC1. The lowest BCUT2D eigenvalue weighted by Crippen LogP contribution is -2.50. The number of carbonyl (C=O) groups is 1. The number of piperazine rings is 1. The minimum absolute atomic E-state index is 0.0805. The lowest BCUT2D eigenvalue weighted by molar-refractivity contribution is 0.0697. The van der Waals surface area contributed by atoms with Gasteiger partial charge in [-0.1, -0.05) is 17.7 Å². The molecule has 26 heavy (non-hydrogen) atoms. The van der Waals surface area contributed by atoms with Gasteiger partial charge in [-0.05, 0) is 30.3 Å². The summed E-state index contributed by atoms with van der Waals surface area (Å²) >= 11 is 5.85.